The maximum absolute atomic E-state index is 11.7. The first kappa shape index (κ1) is 13.1. The Morgan fingerprint density at radius 2 is 2.28 bits per heavy atom. The van der Waals surface area contributed by atoms with Crippen LogP contribution in [0.5, 0.6) is 0 Å². The standard InChI is InChI=1S/C13H14BrN3O/c14-11-3-4-12(10(5-11)6-15)17-13(18)8-16-7-9-1-2-9/h3-5,9,16H,1-2,7-8H2,(H,17,18). The second kappa shape index (κ2) is 5.98. The summed E-state index contributed by atoms with van der Waals surface area (Å²) in [6.07, 6.45) is 2.53. The number of carbonyl (C=O) groups is 1. The van der Waals surface area contributed by atoms with E-state index in [0.717, 1.165) is 16.9 Å². The monoisotopic (exact) mass is 307 g/mol. The maximum atomic E-state index is 11.7. The van der Waals surface area contributed by atoms with Gasteiger partial charge in [0.15, 0.2) is 0 Å². The Hall–Kier alpha value is -1.38. The normalized spacial score (nSPS) is 14.0. The summed E-state index contributed by atoms with van der Waals surface area (Å²) in [5.41, 5.74) is 1.01. The Bertz CT molecular complexity index is 491. The molecule has 18 heavy (non-hydrogen) atoms. The molecule has 0 spiro atoms. The highest BCUT2D eigenvalue weighted by molar-refractivity contribution is 9.10. The summed E-state index contributed by atoms with van der Waals surface area (Å²) in [7, 11) is 0. The van der Waals surface area contributed by atoms with E-state index in [4.69, 9.17) is 5.26 Å². The van der Waals surface area contributed by atoms with E-state index < -0.39 is 0 Å². The van der Waals surface area contributed by atoms with E-state index in [-0.39, 0.29) is 12.5 Å². The third-order valence-electron chi connectivity index (χ3n) is 2.79. The van der Waals surface area contributed by atoms with E-state index >= 15 is 0 Å². The summed E-state index contributed by atoms with van der Waals surface area (Å²) < 4.78 is 0.823. The van der Waals surface area contributed by atoms with Gasteiger partial charge in [0.25, 0.3) is 0 Å². The average molecular weight is 308 g/mol. The highest BCUT2D eigenvalue weighted by Crippen LogP contribution is 2.27. The van der Waals surface area contributed by atoms with Gasteiger partial charge in [0.05, 0.1) is 17.8 Å². The zero-order valence-corrected chi connectivity index (χ0v) is 11.5. The fourth-order valence-electron chi connectivity index (χ4n) is 1.62. The molecule has 0 unspecified atom stereocenters. The van der Waals surface area contributed by atoms with Crippen molar-refractivity contribution < 1.29 is 4.79 Å². The molecule has 1 aromatic rings. The molecular formula is C13H14BrN3O. The van der Waals surface area contributed by atoms with Gasteiger partial charge in [0.2, 0.25) is 5.91 Å². The third kappa shape index (κ3) is 3.83. The van der Waals surface area contributed by atoms with E-state index in [0.29, 0.717) is 11.3 Å². The van der Waals surface area contributed by atoms with E-state index in [2.05, 4.69) is 32.6 Å². The molecule has 1 fully saturated rings. The van der Waals surface area contributed by atoms with E-state index in [1.54, 1.807) is 18.2 Å². The zero-order chi connectivity index (χ0) is 13.0. The van der Waals surface area contributed by atoms with Crippen molar-refractivity contribution in [2.75, 3.05) is 18.4 Å². The van der Waals surface area contributed by atoms with E-state index in [1.165, 1.54) is 12.8 Å². The van der Waals surface area contributed by atoms with Gasteiger partial charge >= 0.3 is 0 Å². The van der Waals surface area contributed by atoms with Crippen LogP contribution in [0.1, 0.15) is 18.4 Å². The van der Waals surface area contributed by atoms with Gasteiger partial charge in [0.1, 0.15) is 6.07 Å². The molecule has 1 aromatic carbocycles. The molecule has 1 aliphatic rings. The summed E-state index contributed by atoms with van der Waals surface area (Å²) in [5, 5.41) is 14.8. The summed E-state index contributed by atoms with van der Waals surface area (Å²) in [6, 6.07) is 7.27. The first-order chi connectivity index (χ1) is 8.69. The summed E-state index contributed by atoms with van der Waals surface area (Å²) in [6.45, 7) is 1.19. The first-order valence-electron chi connectivity index (χ1n) is 5.89. The maximum Gasteiger partial charge on any atom is 0.238 e. The molecular weight excluding hydrogens is 294 g/mol. The highest BCUT2D eigenvalue weighted by atomic mass is 79.9. The van der Waals surface area contributed by atoms with Crippen molar-refractivity contribution in [1.82, 2.24) is 5.32 Å². The molecule has 0 bridgehead atoms. The van der Waals surface area contributed by atoms with Crippen molar-refractivity contribution in [2.24, 2.45) is 5.92 Å². The lowest BCUT2D eigenvalue weighted by Gasteiger charge is -2.08. The molecule has 1 saturated carbocycles. The van der Waals surface area contributed by atoms with Crippen LogP contribution in [0, 0.1) is 17.2 Å². The number of carbonyl (C=O) groups excluding carboxylic acids is 1. The number of nitriles is 1. The number of nitrogens with one attached hydrogen (secondary N) is 2. The largest absolute Gasteiger partial charge is 0.324 e. The van der Waals surface area contributed by atoms with Crippen molar-refractivity contribution >= 4 is 27.5 Å². The molecule has 0 saturated heterocycles. The number of hydrogen-bond acceptors (Lipinski definition) is 3. The van der Waals surface area contributed by atoms with Crippen LogP contribution in [-0.2, 0) is 4.79 Å². The van der Waals surface area contributed by atoms with E-state index in [1.807, 2.05) is 0 Å². The van der Waals surface area contributed by atoms with Crippen molar-refractivity contribution in [2.45, 2.75) is 12.8 Å². The lowest BCUT2D eigenvalue weighted by molar-refractivity contribution is -0.115. The predicted molar refractivity (Wildman–Crippen MR) is 73.1 cm³/mol. The van der Waals surface area contributed by atoms with Crippen molar-refractivity contribution in [3.05, 3.63) is 28.2 Å². The molecule has 0 aliphatic heterocycles. The summed E-state index contributed by atoms with van der Waals surface area (Å²) in [4.78, 5) is 11.7. The number of amides is 1. The Morgan fingerprint density at radius 3 is 2.94 bits per heavy atom. The van der Waals surface area contributed by atoms with Crippen LogP contribution in [-0.4, -0.2) is 19.0 Å². The first-order valence-corrected chi connectivity index (χ1v) is 6.68. The minimum atomic E-state index is -0.116. The van der Waals surface area contributed by atoms with Gasteiger partial charge in [0, 0.05) is 4.47 Å². The molecule has 4 nitrogen and oxygen atoms in total. The van der Waals surface area contributed by atoms with Gasteiger partial charge in [-0.15, -0.1) is 0 Å². The number of rotatable bonds is 5. The smallest absolute Gasteiger partial charge is 0.238 e. The molecule has 1 aliphatic carbocycles. The lowest BCUT2D eigenvalue weighted by atomic mass is 10.2. The fourth-order valence-corrected chi connectivity index (χ4v) is 1.99. The highest BCUT2D eigenvalue weighted by Gasteiger charge is 2.20. The minimum absolute atomic E-state index is 0.116. The molecule has 0 atom stereocenters. The SMILES string of the molecule is N#Cc1cc(Br)ccc1NC(=O)CNCC1CC1. The molecule has 94 valence electrons. The van der Waals surface area contributed by atoms with Gasteiger partial charge in [-0.05, 0) is 43.5 Å². The molecule has 2 rings (SSSR count). The lowest BCUT2D eigenvalue weighted by Crippen LogP contribution is -2.29. The topological polar surface area (TPSA) is 64.9 Å². The van der Waals surface area contributed by atoms with Crippen LogP contribution in [0.25, 0.3) is 0 Å². The van der Waals surface area contributed by atoms with Crippen LogP contribution >= 0.6 is 15.9 Å². The molecule has 0 radical (unpaired) electrons. The average Bonchev–Trinajstić information content (AvgIpc) is 3.15. The van der Waals surface area contributed by atoms with Crippen LogP contribution in [0.2, 0.25) is 0 Å². The van der Waals surface area contributed by atoms with Crippen molar-refractivity contribution in [3.63, 3.8) is 0 Å². The van der Waals surface area contributed by atoms with Gasteiger partial charge in [-0.25, -0.2) is 0 Å². The second-order valence-corrected chi connectivity index (χ2v) is 5.34. The van der Waals surface area contributed by atoms with Crippen LogP contribution in [0.4, 0.5) is 5.69 Å². The molecule has 0 aromatic heterocycles. The van der Waals surface area contributed by atoms with Crippen LogP contribution in [0.3, 0.4) is 0 Å². The van der Waals surface area contributed by atoms with Gasteiger partial charge in [-0.2, -0.15) is 5.26 Å². The molecule has 1 amide bonds. The van der Waals surface area contributed by atoms with Crippen molar-refractivity contribution in [3.8, 4) is 6.07 Å². The van der Waals surface area contributed by atoms with E-state index in [9.17, 15) is 4.79 Å². The number of anilines is 1. The van der Waals surface area contributed by atoms with Crippen molar-refractivity contribution in [1.29, 1.82) is 5.26 Å². The summed E-state index contributed by atoms with van der Waals surface area (Å²) in [5.74, 6) is 0.634. The van der Waals surface area contributed by atoms with Gasteiger partial charge in [-0.1, -0.05) is 15.9 Å². The number of hydrogen-bond donors (Lipinski definition) is 2. The van der Waals surface area contributed by atoms with Crippen LogP contribution < -0.4 is 10.6 Å². The Kier molecular flexibility index (Phi) is 4.34. The Morgan fingerprint density at radius 1 is 1.50 bits per heavy atom. The summed E-state index contributed by atoms with van der Waals surface area (Å²) >= 11 is 3.29. The predicted octanol–water partition coefficient (Wildman–Crippen LogP) is 2.26. The van der Waals surface area contributed by atoms with Gasteiger partial charge in [-0.3, -0.25) is 4.79 Å². The second-order valence-electron chi connectivity index (χ2n) is 4.42. The Labute approximate surface area is 115 Å². The Balaban J connectivity index is 1.87. The third-order valence-corrected chi connectivity index (χ3v) is 3.28. The molecule has 2 N–H and O–H groups in total. The minimum Gasteiger partial charge on any atom is -0.324 e. The fraction of sp³-hybridized carbons (Fsp3) is 0.385. The van der Waals surface area contributed by atoms with Crippen LogP contribution in [0.15, 0.2) is 22.7 Å². The quantitative estimate of drug-likeness (QED) is 0.877. The number of nitrogens with zero attached hydrogens (tertiary/aromatic N) is 1. The molecule has 0 heterocycles. The molecule has 5 heteroatoms. The number of halogens is 1. The number of benzene rings is 1. The van der Waals surface area contributed by atoms with Gasteiger partial charge < -0.3 is 10.6 Å². The zero-order valence-electron chi connectivity index (χ0n) is 9.87.